The molecule has 0 amide bonds. The Kier molecular flexibility index (Phi) is 4.65. The van der Waals surface area contributed by atoms with Crippen LogP contribution in [0.15, 0.2) is 60.8 Å². The lowest BCUT2D eigenvalue weighted by molar-refractivity contribution is 1.32. The lowest BCUT2D eigenvalue weighted by Crippen LogP contribution is -1.87. The molecule has 0 bridgehead atoms. The van der Waals surface area contributed by atoms with Crippen molar-refractivity contribution in [3.8, 4) is 23.1 Å². The van der Waals surface area contributed by atoms with E-state index in [4.69, 9.17) is 5.73 Å². The molecule has 0 unspecified atom stereocenters. The molecule has 3 N–H and O–H groups in total. The normalized spacial score (nSPS) is 9.33. The van der Waals surface area contributed by atoms with Crippen LogP contribution in [0.1, 0.15) is 11.1 Å². The average molecular weight is 296 g/mol. The van der Waals surface area contributed by atoms with Crippen molar-refractivity contribution in [3.05, 3.63) is 71.9 Å². The number of imidazole rings is 1. The van der Waals surface area contributed by atoms with Crippen LogP contribution in [0.3, 0.4) is 0 Å². The second-order valence-electron chi connectivity index (χ2n) is 4.34. The Hall–Kier alpha value is -2.70. The summed E-state index contributed by atoms with van der Waals surface area (Å²) in [5, 5.41) is 0. The summed E-state index contributed by atoms with van der Waals surface area (Å²) < 4.78 is 0. The van der Waals surface area contributed by atoms with Crippen molar-refractivity contribution in [2.75, 3.05) is 5.73 Å². The molecule has 104 valence electrons. The molecular formula is C17H14ClN3. The molecule has 21 heavy (non-hydrogen) atoms. The summed E-state index contributed by atoms with van der Waals surface area (Å²) in [4.78, 5) is 7.06. The van der Waals surface area contributed by atoms with Crippen LogP contribution >= 0.6 is 12.4 Å². The van der Waals surface area contributed by atoms with Crippen molar-refractivity contribution < 1.29 is 0 Å². The second-order valence-corrected chi connectivity index (χ2v) is 4.34. The molecular weight excluding hydrogens is 282 g/mol. The summed E-state index contributed by atoms with van der Waals surface area (Å²) in [6, 6.07) is 17.8. The first-order valence-electron chi connectivity index (χ1n) is 6.30. The van der Waals surface area contributed by atoms with E-state index in [0.29, 0.717) is 5.95 Å². The predicted octanol–water partition coefficient (Wildman–Crippen LogP) is 3.48. The molecule has 3 nitrogen and oxygen atoms in total. The van der Waals surface area contributed by atoms with Crippen LogP contribution in [0, 0.1) is 11.8 Å². The van der Waals surface area contributed by atoms with Crippen LogP contribution in [0.4, 0.5) is 5.95 Å². The van der Waals surface area contributed by atoms with E-state index in [2.05, 4.69) is 21.8 Å². The fraction of sp³-hybridized carbons (Fsp3) is 0. The van der Waals surface area contributed by atoms with Crippen molar-refractivity contribution in [1.82, 2.24) is 9.97 Å². The molecule has 3 aromatic rings. The lowest BCUT2D eigenvalue weighted by Gasteiger charge is -2.00. The summed E-state index contributed by atoms with van der Waals surface area (Å²) in [5.41, 5.74) is 9.44. The topological polar surface area (TPSA) is 54.7 Å². The minimum absolute atomic E-state index is 0. The maximum atomic E-state index is 5.63. The van der Waals surface area contributed by atoms with Gasteiger partial charge in [0.05, 0.1) is 11.9 Å². The van der Waals surface area contributed by atoms with Crippen molar-refractivity contribution in [1.29, 1.82) is 0 Å². The molecule has 0 radical (unpaired) electrons. The molecule has 2 aromatic carbocycles. The van der Waals surface area contributed by atoms with E-state index in [-0.39, 0.29) is 12.4 Å². The number of aromatic amines is 1. The van der Waals surface area contributed by atoms with Gasteiger partial charge in [0.15, 0.2) is 5.95 Å². The summed E-state index contributed by atoms with van der Waals surface area (Å²) in [7, 11) is 0. The van der Waals surface area contributed by atoms with Crippen LogP contribution < -0.4 is 5.73 Å². The van der Waals surface area contributed by atoms with Gasteiger partial charge in [-0.15, -0.1) is 12.4 Å². The van der Waals surface area contributed by atoms with E-state index < -0.39 is 0 Å². The Morgan fingerprint density at radius 1 is 0.905 bits per heavy atom. The van der Waals surface area contributed by atoms with E-state index in [9.17, 15) is 0 Å². The van der Waals surface area contributed by atoms with Crippen LogP contribution in [0.25, 0.3) is 11.3 Å². The zero-order valence-corrected chi connectivity index (χ0v) is 12.0. The number of aromatic nitrogens is 2. The SMILES string of the molecule is Cl.Nc1ncc(-c2ccccc2C#Cc2ccccc2)[nH]1. The van der Waals surface area contributed by atoms with Gasteiger partial charge in [0.1, 0.15) is 0 Å². The predicted molar refractivity (Wildman–Crippen MR) is 88.1 cm³/mol. The van der Waals surface area contributed by atoms with Gasteiger partial charge in [0, 0.05) is 16.7 Å². The van der Waals surface area contributed by atoms with Crippen molar-refractivity contribution >= 4 is 18.4 Å². The summed E-state index contributed by atoms with van der Waals surface area (Å²) in [6.45, 7) is 0. The highest BCUT2D eigenvalue weighted by Gasteiger charge is 2.04. The summed E-state index contributed by atoms with van der Waals surface area (Å²) in [5.74, 6) is 6.77. The molecule has 1 heterocycles. The van der Waals surface area contributed by atoms with Gasteiger partial charge in [0.25, 0.3) is 0 Å². The van der Waals surface area contributed by atoms with E-state index in [0.717, 1.165) is 22.4 Å². The Labute approximate surface area is 129 Å². The third kappa shape index (κ3) is 3.44. The number of nitrogens with zero attached hydrogens (tertiary/aromatic N) is 1. The Morgan fingerprint density at radius 3 is 2.33 bits per heavy atom. The fourth-order valence-electron chi connectivity index (χ4n) is 1.96. The molecule has 0 aliphatic rings. The van der Waals surface area contributed by atoms with Crippen LogP contribution in [0.5, 0.6) is 0 Å². The number of rotatable bonds is 1. The zero-order valence-electron chi connectivity index (χ0n) is 11.2. The van der Waals surface area contributed by atoms with Crippen LogP contribution in [-0.2, 0) is 0 Å². The molecule has 0 fully saturated rings. The minimum Gasteiger partial charge on any atom is -0.369 e. The molecule has 0 atom stereocenters. The largest absolute Gasteiger partial charge is 0.369 e. The standard InChI is InChI=1S/C17H13N3.ClH/c18-17-19-12-16(20-17)15-9-5-4-8-14(15)11-10-13-6-2-1-3-7-13;/h1-9,12H,(H3,18,19,20);1H. The van der Waals surface area contributed by atoms with Gasteiger partial charge in [-0.3, -0.25) is 0 Å². The van der Waals surface area contributed by atoms with Gasteiger partial charge in [-0.2, -0.15) is 0 Å². The average Bonchev–Trinajstić information content (AvgIpc) is 2.93. The smallest absolute Gasteiger partial charge is 0.197 e. The second kappa shape index (κ2) is 6.65. The van der Waals surface area contributed by atoms with Crippen LogP contribution in [0.2, 0.25) is 0 Å². The first kappa shape index (κ1) is 14.7. The monoisotopic (exact) mass is 295 g/mol. The maximum absolute atomic E-state index is 5.63. The number of nitrogens with one attached hydrogen (secondary N) is 1. The third-order valence-electron chi connectivity index (χ3n) is 2.93. The Balaban J connectivity index is 0.00000161. The molecule has 0 spiro atoms. The highest BCUT2D eigenvalue weighted by atomic mass is 35.5. The number of H-pyrrole nitrogens is 1. The number of hydrogen-bond donors (Lipinski definition) is 2. The molecule has 3 rings (SSSR count). The summed E-state index contributed by atoms with van der Waals surface area (Å²) in [6.07, 6.45) is 1.72. The first-order valence-corrected chi connectivity index (χ1v) is 6.30. The van der Waals surface area contributed by atoms with Crippen molar-refractivity contribution in [2.45, 2.75) is 0 Å². The van der Waals surface area contributed by atoms with E-state index >= 15 is 0 Å². The number of nitrogens with two attached hydrogens (primary N) is 1. The van der Waals surface area contributed by atoms with Gasteiger partial charge < -0.3 is 10.7 Å². The number of nitrogen functional groups attached to an aromatic ring is 1. The molecule has 1 aromatic heterocycles. The van der Waals surface area contributed by atoms with Gasteiger partial charge in [-0.1, -0.05) is 48.2 Å². The van der Waals surface area contributed by atoms with Gasteiger partial charge in [0.2, 0.25) is 0 Å². The number of anilines is 1. The lowest BCUT2D eigenvalue weighted by atomic mass is 10.1. The highest BCUT2D eigenvalue weighted by Crippen LogP contribution is 2.21. The van der Waals surface area contributed by atoms with Crippen molar-refractivity contribution in [3.63, 3.8) is 0 Å². The number of hydrogen-bond acceptors (Lipinski definition) is 2. The summed E-state index contributed by atoms with van der Waals surface area (Å²) >= 11 is 0. The molecule has 0 aliphatic carbocycles. The zero-order chi connectivity index (χ0) is 13.8. The van der Waals surface area contributed by atoms with E-state index in [1.165, 1.54) is 0 Å². The first-order chi connectivity index (χ1) is 9.83. The third-order valence-corrected chi connectivity index (χ3v) is 2.93. The quantitative estimate of drug-likeness (QED) is 0.675. The van der Waals surface area contributed by atoms with Gasteiger partial charge in [-0.05, 0) is 18.2 Å². The molecule has 0 saturated heterocycles. The van der Waals surface area contributed by atoms with Crippen molar-refractivity contribution in [2.24, 2.45) is 0 Å². The Bertz CT molecular complexity index is 782. The van der Waals surface area contributed by atoms with Gasteiger partial charge >= 0.3 is 0 Å². The van der Waals surface area contributed by atoms with E-state index in [1.807, 2.05) is 54.6 Å². The molecule has 0 saturated carbocycles. The highest BCUT2D eigenvalue weighted by molar-refractivity contribution is 5.85. The maximum Gasteiger partial charge on any atom is 0.197 e. The van der Waals surface area contributed by atoms with Crippen LogP contribution in [-0.4, -0.2) is 9.97 Å². The van der Waals surface area contributed by atoms with E-state index in [1.54, 1.807) is 6.20 Å². The number of halogens is 1. The Morgan fingerprint density at radius 2 is 1.62 bits per heavy atom. The minimum atomic E-state index is 0. The van der Waals surface area contributed by atoms with Gasteiger partial charge in [-0.25, -0.2) is 4.98 Å². The molecule has 0 aliphatic heterocycles. The molecule has 4 heteroatoms. The number of benzene rings is 2. The fourth-order valence-corrected chi connectivity index (χ4v) is 1.96.